The molecule has 0 aromatic heterocycles. The van der Waals surface area contributed by atoms with Crippen molar-refractivity contribution in [2.24, 2.45) is 0 Å². The summed E-state index contributed by atoms with van der Waals surface area (Å²) < 4.78 is 32.2. The maximum absolute atomic E-state index is 13.1. The van der Waals surface area contributed by atoms with Crippen molar-refractivity contribution in [2.75, 3.05) is 6.61 Å². The van der Waals surface area contributed by atoms with E-state index in [1.807, 2.05) is 0 Å². The third kappa shape index (κ3) is 3.79. The lowest BCUT2D eigenvalue weighted by Crippen LogP contribution is -2.55. The molecule has 0 N–H and O–H groups in total. The van der Waals surface area contributed by atoms with Crippen molar-refractivity contribution in [3.63, 3.8) is 0 Å². The summed E-state index contributed by atoms with van der Waals surface area (Å²) in [5, 5.41) is 0.414. The van der Waals surface area contributed by atoms with Gasteiger partial charge in [0.2, 0.25) is 10.0 Å². The number of carbonyl (C=O) groups excluding carboxylic acids is 2. The predicted molar refractivity (Wildman–Crippen MR) is 89.2 cm³/mol. The number of nitrogens with zero attached hydrogens (tertiary/aromatic N) is 1. The summed E-state index contributed by atoms with van der Waals surface area (Å²) in [5.74, 6) is -0.830. The first kappa shape index (κ1) is 18.9. The van der Waals surface area contributed by atoms with Crippen molar-refractivity contribution in [1.29, 1.82) is 0 Å². The van der Waals surface area contributed by atoms with Crippen LogP contribution in [0.2, 0.25) is 5.02 Å². The van der Waals surface area contributed by atoms with Crippen molar-refractivity contribution < 1.29 is 22.7 Å². The third-order valence-electron chi connectivity index (χ3n) is 3.97. The molecule has 2 rings (SSSR count). The molecule has 0 amide bonds. The highest BCUT2D eigenvalue weighted by Gasteiger charge is 2.45. The smallest absolute Gasteiger partial charge is 0.324 e. The van der Waals surface area contributed by atoms with Gasteiger partial charge in [0.1, 0.15) is 11.8 Å². The molecule has 2 unspecified atom stereocenters. The summed E-state index contributed by atoms with van der Waals surface area (Å²) in [7, 11) is -3.95. The average Bonchev–Trinajstić information content (AvgIpc) is 2.54. The maximum atomic E-state index is 13.1. The summed E-state index contributed by atoms with van der Waals surface area (Å²) >= 11 is 5.82. The zero-order valence-electron chi connectivity index (χ0n) is 13.6. The number of ketones is 1. The molecule has 0 spiro atoms. The summed E-state index contributed by atoms with van der Waals surface area (Å²) in [4.78, 5) is 24.2. The molecular weight excluding hydrogens is 354 g/mol. The van der Waals surface area contributed by atoms with Gasteiger partial charge >= 0.3 is 5.97 Å². The van der Waals surface area contributed by atoms with Crippen molar-refractivity contribution in [1.82, 2.24) is 4.31 Å². The molecule has 1 aromatic carbocycles. The van der Waals surface area contributed by atoms with Crippen molar-refractivity contribution in [3.05, 3.63) is 29.3 Å². The van der Waals surface area contributed by atoms with Gasteiger partial charge in [-0.1, -0.05) is 18.5 Å². The van der Waals surface area contributed by atoms with Gasteiger partial charge in [-0.15, -0.1) is 0 Å². The average molecular weight is 374 g/mol. The first-order chi connectivity index (χ1) is 11.3. The lowest BCUT2D eigenvalue weighted by atomic mass is 9.96. The van der Waals surface area contributed by atoms with Crippen LogP contribution in [-0.4, -0.2) is 43.2 Å². The van der Waals surface area contributed by atoms with Crippen LogP contribution in [0.1, 0.15) is 33.1 Å². The molecule has 0 bridgehead atoms. The third-order valence-corrected chi connectivity index (χ3v) is 6.20. The summed E-state index contributed by atoms with van der Waals surface area (Å²) in [6, 6.07) is 4.04. The van der Waals surface area contributed by atoms with Crippen molar-refractivity contribution in [2.45, 2.75) is 50.1 Å². The molecule has 1 aliphatic heterocycles. The highest BCUT2D eigenvalue weighted by Crippen LogP contribution is 2.31. The van der Waals surface area contributed by atoms with Gasteiger partial charge in [0.15, 0.2) is 0 Å². The lowest BCUT2D eigenvalue weighted by molar-refractivity contribution is -0.151. The number of hydrogen-bond donors (Lipinski definition) is 0. The van der Waals surface area contributed by atoms with E-state index < -0.39 is 28.1 Å². The number of esters is 1. The topological polar surface area (TPSA) is 80.8 Å². The molecular formula is C16H20ClNO5S. The number of rotatable bonds is 5. The molecule has 1 aliphatic rings. The second-order valence-corrected chi connectivity index (χ2v) is 7.85. The first-order valence-electron chi connectivity index (χ1n) is 7.78. The van der Waals surface area contributed by atoms with Crippen LogP contribution in [0.3, 0.4) is 0 Å². The van der Waals surface area contributed by atoms with E-state index in [0.717, 1.165) is 4.31 Å². The minimum absolute atomic E-state index is 0.0361. The largest absolute Gasteiger partial charge is 0.465 e. The van der Waals surface area contributed by atoms with E-state index in [4.69, 9.17) is 16.3 Å². The summed E-state index contributed by atoms with van der Waals surface area (Å²) in [6.45, 7) is 3.54. The van der Waals surface area contributed by atoms with Gasteiger partial charge in [-0.3, -0.25) is 9.59 Å². The second-order valence-electron chi connectivity index (χ2n) is 5.57. The molecule has 24 heavy (non-hydrogen) atoms. The number of halogens is 1. The molecule has 1 fully saturated rings. The fourth-order valence-electron chi connectivity index (χ4n) is 2.84. The predicted octanol–water partition coefficient (Wildman–Crippen LogP) is 2.40. The van der Waals surface area contributed by atoms with Crippen LogP contribution in [-0.2, 0) is 24.3 Å². The molecule has 1 heterocycles. The van der Waals surface area contributed by atoms with Gasteiger partial charge in [0.05, 0.1) is 11.5 Å². The highest BCUT2D eigenvalue weighted by molar-refractivity contribution is 7.89. The number of piperidine rings is 1. The summed E-state index contributed by atoms with van der Waals surface area (Å²) in [5.41, 5.74) is 0. The Kier molecular flexibility index (Phi) is 6.01. The minimum atomic E-state index is -3.95. The zero-order valence-corrected chi connectivity index (χ0v) is 15.1. The van der Waals surface area contributed by atoms with Gasteiger partial charge < -0.3 is 4.74 Å². The van der Waals surface area contributed by atoms with E-state index in [2.05, 4.69) is 0 Å². The second kappa shape index (κ2) is 7.63. The Balaban J connectivity index is 2.48. The molecule has 0 radical (unpaired) electrons. The Labute approximate surface area is 146 Å². The van der Waals surface area contributed by atoms with Gasteiger partial charge in [0.25, 0.3) is 0 Å². The molecule has 8 heteroatoms. The van der Waals surface area contributed by atoms with Crippen LogP contribution < -0.4 is 0 Å². The number of benzene rings is 1. The Bertz CT molecular complexity index is 716. The molecule has 0 saturated carbocycles. The van der Waals surface area contributed by atoms with Gasteiger partial charge in [0, 0.05) is 23.9 Å². The quantitative estimate of drug-likeness (QED) is 0.740. The normalized spacial score (nSPS) is 22.4. The van der Waals surface area contributed by atoms with Crippen molar-refractivity contribution in [3.8, 4) is 0 Å². The minimum Gasteiger partial charge on any atom is -0.465 e. The van der Waals surface area contributed by atoms with Crippen LogP contribution >= 0.6 is 11.6 Å². The van der Waals surface area contributed by atoms with E-state index in [0.29, 0.717) is 11.4 Å². The number of hydrogen-bond acceptors (Lipinski definition) is 5. The summed E-state index contributed by atoms with van der Waals surface area (Å²) in [6.07, 6.45) is 0.357. The fourth-order valence-corrected chi connectivity index (χ4v) is 4.80. The number of carbonyl (C=O) groups is 2. The maximum Gasteiger partial charge on any atom is 0.324 e. The number of Topliss-reactive ketones (excluding diaryl/α,β-unsaturated/α-hetero) is 1. The van der Waals surface area contributed by atoms with E-state index >= 15 is 0 Å². The van der Waals surface area contributed by atoms with Crippen LogP contribution in [0.25, 0.3) is 0 Å². The Morgan fingerprint density at radius 1 is 1.25 bits per heavy atom. The SMILES string of the molecule is CCOC(=O)C1CC(=O)CC(CC)N1S(=O)(=O)c1ccc(Cl)cc1. The first-order valence-corrected chi connectivity index (χ1v) is 9.60. The van der Waals surface area contributed by atoms with E-state index in [-0.39, 0.29) is 30.1 Å². The number of sulfonamides is 1. The monoisotopic (exact) mass is 373 g/mol. The van der Waals surface area contributed by atoms with Gasteiger partial charge in [-0.05, 0) is 37.6 Å². The van der Waals surface area contributed by atoms with Gasteiger partial charge in [-0.2, -0.15) is 4.31 Å². The Morgan fingerprint density at radius 3 is 2.42 bits per heavy atom. The standard InChI is InChI=1S/C16H20ClNO5S/c1-3-12-9-13(19)10-15(16(20)23-4-2)18(12)24(21,22)14-7-5-11(17)6-8-14/h5-8,12,15H,3-4,9-10H2,1-2H3. The number of ether oxygens (including phenoxy) is 1. The highest BCUT2D eigenvalue weighted by atomic mass is 35.5. The molecule has 0 aliphatic carbocycles. The fraction of sp³-hybridized carbons (Fsp3) is 0.500. The van der Waals surface area contributed by atoms with Crippen LogP contribution in [0.5, 0.6) is 0 Å². The lowest BCUT2D eigenvalue weighted by Gasteiger charge is -2.38. The Hall–Kier alpha value is -1.44. The molecule has 1 saturated heterocycles. The van der Waals surface area contributed by atoms with E-state index in [1.165, 1.54) is 24.3 Å². The Morgan fingerprint density at radius 2 is 1.88 bits per heavy atom. The van der Waals surface area contributed by atoms with E-state index in [1.54, 1.807) is 13.8 Å². The molecule has 6 nitrogen and oxygen atoms in total. The molecule has 1 aromatic rings. The van der Waals surface area contributed by atoms with Crippen LogP contribution in [0.15, 0.2) is 29.2 Å². The van der Waals surface area contributed by atoms with E-state index in [9.17, 15) is 18.0 Å². The zero-order chi connectivity index (χ0) is 17.9. The molecule has 2 atom stereocenters. The van der Waals surface area contributed by atoms with Crippen LogP contribution in [0, 0.1) is 0 Å². The van der Waals surface area contributed by atoms with Crippen LogP contribution in [0.4, 0.5) is 0 Å². The van der Waals surface area contributed by atoms with Crippen molar-refractivity contribution >= 4 is 33.4 Å². The van der Waals surface area contributed by atoms with Gasteiger partial charge in [-0.25, -0.2) is 8.42 Å². The molecule has 132 valence electrons.